The van der Waals surface area contributed by atoms with E-state index in [-0.39, 0.29) is 5.82 Å². The van der Waals surface area contributed by atoms with Gasteiger partial charge in [0.15, 0.2) is 0 Å². The van der Waals surface area contributed by atoms with Crippen molar-refractivity contribution in [1.29, 1.82) is 0 Å². The lowest BCUT2D eigenvalue weighted by Gasteiger charge is -2.37. The Morgan fingerprint density at radius 3 is 2.50 bits per heavy atom. The molecule has 1 aliphatic heterocycles. The Balaban J connectivity index is 1.68. The number of aromatic nitrogens is 2. The predicted molar refractivity (Wildman–Crippen MR) is 96.4 cm³/mol. The molecule has 1 aromatic carbocycles. The molecule has 6 heteroatoms. The van der Waals surface area contributed by atoms with E-state index < -0.39 is 0 Å². The highest BCUT2D eigenvalue weighted by Gasteiger charge is 2.20. The second-order valence-electron chi connectivity index (χ2n) is 6.04. The molecule has 0 radical (unpaired) electrons. The summed E-state index contributed by atoms with van der Waals surface area (Å²) in [5.74, 6) is 1.47. The van der Waals surface area contributed by atoms with Gasteiger partial charge in [-0.25, -0.2) is 9.37 Å². The van der Waals surface area contributed by atoms with Gasteiger partial charge in [-0.2, -0.15) is 4.98 Å². The number of hydrogen-bond acceptors (Lipinski definition) is 5. The highest BCUT2D eigenvalue weighted by atomic mass is 19.1. The molecule has 1 aliphatic rings. The third-order valence-electron chi connectivity index (χ3n) is 4.17. The predicted octanol–water partition coefficient (Wildman–Crippen LogP) is 3.07. The minimum absolute atomic E-state index is 0.158. The summed E-state index contributed by atoms with van der Waals surface area (Å²) < 4.78 is 13.9. The molecule has 1 fully saturated rings. The van der Waals surface area contributed by atoms with Gasteiger partial charge in [0.05, 0.1) is 5.69 Å². The van der Waals surface area contributed by atoms with E-state index in [2.05, 4.69) is 32.0 Å². The van der Waals surface area contributed by atoms with Crippen LogP contribution in [-0.2, 0) is 0 Å². The molecule has 1 N–H and O–H groups in total. The topological polar surface area (TPSA) is 44.3 Å². The van der Waals surface area contributed by atoms with Crippen LogP contribution >= 0.6 is 0 Å². The lowest BCUT2D eigenvalue weighted by atomic mass is 10.2. The summed E-state index contributed by atoms with van der Waals surface area (Å²) in [4.78, 5) is 13.4. The van der Waals surface area contributed by atoms with Gasteiger partial charge in [-0.15, -0.1) is 0 Å². The molecule has 128 valence electrons. The van der Waals surface area contributed by atoms with E-state index in [4.69, 9.17) is 0 Å². The molecular weight excluding hydrogens is 305 g/mol. The second-order valence-corrected chi connectivity index (χ2v) is 6.04. The minimum Gasteiger partial charge on any atom is -0.366 e. The van der Waals surface area contributed by atoms with Gasteiger partial charge in [0.1, 0.15) is 11.6 Å². The quantitative estimate of drug-likeness (QED) is 0.913. The molecule has 0 atom stereocenters. The molecule has 24 heavy (non-hydrogen) atoms. The van der Waals surface area contributed by atoms with Gasteiger partial charge < -0.3 is 15.1 Å². The van der Waals surface area contributed by atoms with Crippen LogP contribution in [0.15, 0.2) is 30.3 Å². The maximum absolute atomic E-state index is 13.9. The molecule has 0 spiro atoms. The van der Waals surface area contributed by atoms with Gasteiger partial charge in [0.25, 0.3) is 0 Å². The Kier molecular flexibility index (Phi) is 5.13. The third kappa shape index (κ3) is 3.75. The Morgan fingerprint density at radius 2 is 1.79 bits per heavy atom. The third-order valence-corrected chi connectivity index (χ3v) is 4.17. The number of aryl methyl sites for hydroxylation is 1. The number of anilines is 3. The van der Waals surface area contributed by atoms with Crippen molar-refractivity contribution in [2.75, 3.05) is 47.8 Å². The van der Waals surface area contributed by atoms with Crippen LogP contribution in [0, 0.1) is 12.7 Å². The molecule has 2 aromatic rings. The molecule has 0 amide bonds. The van der Waals surface area contributed by atoms with E-state index in [9.17, 15) is 4.39 Å². The molecule has 3 rings (SSSR count). The number of nitrogens with one attached hydrogen (secondary N) is 1. The number of halogens is 1. The van der Waals surface area contributed by atoms with Gasteiger partial charge in [-0.3, -0.25) is 0 Å². The van der Waals surface area contributed by atoms with E-state index in [0.29, 0.717) is 11.6 Å². The van der Waals surface area contributed by atoms with Gasteiger partial charge in [-0.1, -0.05) is 19.1 Å². The fourth-order valence-corrected chi connectivity index (χ4v) is 2.91. The smallest absolute Gasteiger partial charge is 0.224 e. The van der Waals surface area contributed by atoms with E-state index in [1.165, 1.54) is 6.07 Å². The van der Waals surface area contributed by atoms with E-state index >= 15 is 0 Å². The molecule has 0 unspecified atom stereocenters. The summed E-state index contributed by atoms with van der Waals surface area (Å²) >= 11 is 0. The molecule has 1 aromatic heterocycles. The number of nitrogens with zero attached hydrogens (tertiary/aromatic N) is 4. The van der Waals surface area contributed by atoms with Gasteiger partial charge in [0, 0.05) is 44.5 Å². The van der Waals surface area contributed by atoms with Crippen molar-refractivity contribution >= 4 is 17.5 Å². The molecule has 0 saturated carbocycles. The monoisotopic (exact) mass is 329 g/mol. The van der Waals surface area contributed by atoms with Crippen molar-refractivity contribution in [3.8, 4) is 0 Å². The molecule has 0 aliphatic carbocycles. The first kappa shape index (κ1) is 16.5. The summed E-state index contributed by atoms with van der Waals surface area (Å²) in [7, 11) is 0. The first-order valence-corrected chi connectivity index (χ1v) is 8.51. The zero-order chi connectivity index (χ0) is 16.9. The maximum Gasteiger partial charge on any atom is 0.224 e. The highest BCUT2D eigenvalue weighted by molar-refractivity contribution is 5.51. The van der Waals surface area contributed by atoms with Crippen LogP contribution in [-0.4, -0.2) is 42.7 Å². The summed E-state index contributed by atoms with van der Waals surface area (Å²) in [6.45, 7) is 8.16. The zero-order valence-electron chi connectivity index (χ0n) is 14.3. The Hall–Kier alpha value is -2.37. The fourth-order valence-electron chi connectivity index (χ4n) is 2.91. The van der Waals surface area contributed by atoms with Crippen LogP contribution in [0.5, 0.6) is 0 Å². The number of rotatable bonds is 5. The van der Waals surface area contributed by atoms with Crippen molar-refractivity contribution < 1.29 is 4.39 Å². The summed E-state index contributed by atoms with van der Waals surface area (Å²) in [5.41, 5.74) is 1.64. The van der Waals surface area contributed by atoms with Crippen LogP contribution < -0.4 is 15.1 Å². The van der Waals surface area contributed by atoms with Crippen molar-refractivity contribution in [2.24, 2.45) is 0 Å². The zero-order valence-corrected chi connectivity index (χ0v) is 14.3. The summed E-state index contributed by atoms with van der Waals surface area (Å²) in [5, 5.41) is 3.25. The number of piperazine rings is 1. The van der Waals surface area contributed by atoms with Gasteiger partial charge >= 0.3 is 0 Å². The number of benzene rings is 1. The maximum atomic E-state index is 13.9. The standard InChI is InChI=1S/C18H24FN5/c1-3-8-20-18-21-14(2)13-17(22-18)24-11-9-23(10-12-24)16-7-5-4-6-15(16)19/h4-7,13H,3,8-12H2,1-2H3,(H,20,21,22). The second kappa shape index (κ2) is 7.47. The summed E-state index contributed by atoms with van der Waals surface area (Å²) in [6.07, 6.45) is 1.04. The van der Waals surface area contributed by atoms with Gasteiger partial charge in [0.2, 0.25) is 5.95 Å². The normalized spacial score (nSPS) is 14.8. The summed E-state index contributed by atoms with van der Waals surface area (Å²) in [6, 6.07) is 8.97. The van der Waals surface area contributed by atoms with Crippen LogP contribution in [0.4, 0.5) is 21.8 Å². The van der Waals surface area contributed by atoms with E-state index in [1.54, 1.807) is 6.07 Å². The Morgan fingerprint density at radius 1 is 1.08 bits per heavy atom. The van der Waals surface area contributed by atoms with Crippen LogP contribution in [0.1, 0.15) is 19.0 Å². The fraction of sp³-hybridized carbons (Fsp3) is 0.444. The molecule has 0 bridgehead atoms. The first-order valence-electron chi connectivity index (χ1n) is 8.51. The Labute approximate surface area is 142 Å². The van der Waals surface area contributed by atoms with E-state index in [0.717, 1.165) is 50.7 Å². The molecular formula is C18H24FN5. The average molecular weight is 329 g/mol. The lowest BCUT2D eigenvalue weighted by Crippen LogP contribution is -2.47. The van der Waals surface area contributed by atoms with Crippen LogP contribution in [0.2, 0.25) is 0 Å². The van der Waals surface area contributed by atoms with Crippen molar-refractivity contribution in [3.63, 3.8) is 0 Å². The highest BCUT2D eigenvalue weighted by Crippen LogP contribution is 2.22. The number of para-hydroxylation sites is 1. The van der Waals surface area contributed by atoms with Crippen molar-refractivity contribution in [2.45, 2.75) is 20.3 Å². The number of hydrogen-bond donors (Lipinski definition) is 1. The molecule has 5 nitrogen and oxygen atoms in total. The van der Waals surface area contributed by atoms with Gasteiger partial charge in [-0.05, 0) is 25.5 Å². The van der Waals surface area contributed by atoms with Crippen molar-refractivity contribution in [3.05, 3.63) is 41.8 Å². The first-order chi connectivity index (χ1) is 11.7. The minimum atomic E-state index is -0.158. The largest absolute Gasteiger partial charge is 0.366 e. The Bertz CT molecular complexity index is 683. The van der Waals surface area contributed by atoms with E-state index in [1.807, 2.05) is 25.1 Å². The molecule has 1 saturated heterocycles. The SMILES string of the molecule is CCCNc1nc(C)cc(N2CCN(c3ccccc3F)CC2)n1. The molecule has 2 heterocycles. The van der Waals surface area contributed by atoms with Crippen LogP contribution in [0.25, 0.3) is 0 Å². The van der Waals surface area contributed by atoms with Crippen molar-refractivity contribution in [1.82, 2.24) is 9.97 Å². The lowest BCUT2D eigenvalue weighted by molar-refractivity contribution is 0.596. The average Bonchev–Trinajstić information content (AvgIpc) is 2.60. The van der Waals surface area contributed by atoms with Crippen LogP contribution in [0.3, 0.4) is 0 Å².